The molecule has 0 aliphatic carbocycles. The highest BCUT2D eigenvalue weighted by molar-refractivity contribution is 5.92. The molecule has 0 atom stereocenters. The van der Waals surface area contributed by atoms with Crippen molar-refractivity contribution < 1.29 is 14.3 Å². The maximum Gasteiger partial charge on any atom is 0.331 e. The van der Waals surface area contributed by atoms with Crippen LogP contribution in [0.15, 0.2) is 29.8 Å². The van der Waals surface area contributed by atoms with Gasteiger partial charge in [0.05, 0.1) is 0 Å². The topological polar surface area (TPSA) is 37.3 Å². The van der Waals surface area contributed by atoms with Crippen molar-refractivity contribution in [2.75, 3.05) is 0 Å². The van der Waals surface area contributed by atoms with Crippen molar-refractivity contribution in [3.05, 3.63) is 41.2 Å². The predicted octanol–water partition coefficient (Wildman–Crippen LogP) is 2.95. The molecule has 0 radical (unpaired) electrons. The monoisotopic (exact) mass is 208 g/mol. The minimum Gasteiger partial charge on any atom is -0.478 e. The molecule has 0 saturated heterocycles. The molecule has 80 valence electrons. The Balaban J connectivity index is 3.14. The molecule has 15 heavy (non-hydrogen) atoms. The van der Waals surface area contributed by atoms with Gasteiger partial charge in [0, 0.05) is 11.1 Å². The number of halogens is 1. The third kappa shape index (κ3) is 2.91. The molecule has 1 rings (SSSR count). The first-order chi connectivity index (χ1) is 7.02. The van der Waals surface area contributed by atoms with E-state index in [1.807, 2.05) is 0 Å². The summed E-state index contributed by atoms with van der Waals surface area (Å²) >= 11 is 0. The minimum atomic E-state index is -1.01. The molecule has 2 nitrogen and oxygen atoms in total. The van der Waals surface area contributed by atoms with E-state index in [9.17, 15) is 9.18 Å². The van der Waals surface area contributed by atoms with Gasteiger partial charge in [0.1, 0.15) is 5.82 Å². The predicted molar refractivity (Wildman–Crippen MR) is 56.9 cm³/mol. The highest BCUT2D eigenvalue weighted by Crippen LogP contribution is 2.17. The molecule has 0 amide bonds. The maximum atomic E-state index is 13.2. The third-order valence-corrected chi connectivity index (χ3v) is 2.09. The molecule has 0 fully saturated rings. The van der Waals surface area contributed by atoms with Crippen molar-refractivity contribution in [2.24, 2.45) is 5.92 Å². The minimum absolute atomic E-state index is 0.137. The lowest BCUT2D eigenvalue weighted by molar-refractivity contribution is -0.133. The highest BCUT2D eigenvalue weighted by Gasteiger charge is 2.12. The lowest BCUT2D eigenvalue weighted by Crippen LogP contribution is -2.06. The summed E-state index contributed by atoms with van der Waals surface area (Å²) in [5.74, 6) is -1.55. The Morgan fingerprint density at radius 3 is 2.47 bits per heavy atom. The van der Waals surface area contributed by atoms with Crippen molar-refractivity contribution in [2.45, 2.75) is 13.8 Å². The van der Waals surface area contributed by atoms with E-state index in [4.69, 9.17) is 5.11 Å². The molecule has 0 unspecified atom stereocenters. The van der Waals surface area contributed by atoms with E-state index in [1.165, 1.54) is 12.1 Å². The lowest BCUT2D eigenvalue weighted by atomic mass is 10.0. The first kappa shape index (κ1) is 11.4. The van der Waals surface area contributed by atoms with Gasteiger partial charge in [0.2, 0.25) is 0 Å². The van der Waals surface area contributed by atoms with E-state index >= 15 is 0 Å². The molecular weight excluding hydrogens is 195 g/mol. The first-order valence-corrected chi connectivity index (χ1v) is 4.71. The second-order valence-electron chi connectivity index (χ2n) is 3.58. The lowest BCUT2D eigenvalue weighted by Gasteiger charge is -2.06. The molecule has 1 aromatic rings. The second kappa shape index (κ2) is 4.73. The molecule has 1 aromatic carbocycles. The summed E-state index contributed by atoms with van der Waals surface area (Å²) in [6.07, 6.45) is 1.38. The van der Waals surface area contributed by atoms with Crippen molar-refractivity contribution in [3.63, 3.8) is 0 Å². The summed E-state index contributed by atoms with van der Waals surface area (Å²) in [4.78, 5) is 10.9. The van der Waals surface area contributed by atoms with Gasteiger partial charge in [0.25, 0.3) is 0 Å². The summed E-state index contributed by atoms with van der Waals surface area (Å²) in [7, 11) is 0. The average Bonchev–Trinajstić information content (AvgIpc) is 2.15. The first-order valence-electron chi connectivity index (χ1n) is 4.71. The molecule has 0 bridgehead atoms. The van der Waals surface area contributed by atoms with Gasteiger partial charge in [-0.1, -0.05) is 32.0 Å². The molecule has 0 aromatic heterocycles. The summed E-state index contributed by atoms with van der Waals surface area (Å²) < 4.78 is 13.2. The summed E-state index contributed by atoms with van der Waals surface area (Å²) in [6.45, 7) is 3.53. The van der Waals surface area contributed by atoms with Crippen molar-refractivity contribution >= 4 is 12.0 Å². The highest BCUT2D eigenvalue weighted by atomic mass is 19.1. The van der Waals surface area contributed by atoms with Crippen LogP contribution in [-0.4, -0.2) is 11.1 Å². The normalized spacial score (nSPS) is 11.9. The number of carbonyl (C=O) groups is 1. The fourth-order valence-electron chi connectivity index (χ4n) is 1.24. The molecule has 0 aliphatic heterocycles. The Labute approximate surface area is 88.1 Å². The maximum absolute atomic E-state index is 13.2. The van der Waals surface area contributed by atoms with E-state index in [0.717, 1.165) is 0 Å². The Morgan fingerprint density at radius 2 is 2.00 bits per heavy atom. The fourth-order valence-corrected chi connectivity index (χ4v) is 1.24. The number of carboxylic acids is 1. The SMILES string of the molecule is CC(C)/C(=C\c1ccccc1F)C(=O)O. The van der Waals surface area contributed by atoms with E-state index in [1.54, 1.807) is 32.0 Å². The van der Waals surface area contributed by atoms with Gasteiger partial charge < -0.3 is 5.11 Å². The van der Waals surface area contributed by atoms with Crippen molar-refractivity contribution in [3.8, 4) is 0 Å². The molecule has 1 N–H and O–H groups in total. The smallest absolute Gasteiger partial charge is 0.331 e. The van der Waals surface area contributed by atoms with Crippen LogP contribution in [0.4, 0.5) is 4.39 Å². The zero-order chi connectivity index (χ0) is 11.4. The quantitative estimate of drug-likeness (QED) is 0.775. The standard InChI is InChI=1S/C12H13FO2/c1-8(2)10(12(14)15)7-9-5-3-4-6-11(9)13/h3-8H,1-2H3,(H,14,15)/b10-7+. The van der Waals surface area contributed by atoms with Crippen LogP contribution >= 0.6 is 0 Å². The summed E-state index contributed by atoms with van der Waals surface area (Å²) in [5, 5.41) is 8.91. The van der Waals surface area contributed by atoms with Gasteiger partial charge in [-0.2, -0.15) is 0 Å². The molecule has 3 heteroatoms. The van der Waals surface area contributed by atoms with Crippen LogP contribution in [0.5, 0.6) is 0 Å². The zero-order valence-electron chi connectivity index (χ0n) is 8.70. The largest absolute Gasteiger partial charge is 0.478 e. The molecule has 0 saturated carbocycles. The zero-order valence-corrected chi connectivity index (χ0v) is 8.70. The van der Waals surface area contributed by atoms with Gasteiger partial charge in [0.15, 0.2) is 0 Å². The Bertz CT molecular complexity index is 394. The molecule has 0 spiro atoms. The van der Waals surface area contributed by atoms with E-state index in [0.29, 0.717) is 5.56 Å². The third-order valence-electron chi connectivity index (χ3n) is 2.09. The Kier molecular flexibility index (Phi) is 3.61. The van der Waals surface area contributed by atoms with E-state index in [-0.39, 0.29) is 11.5 Å². The summed E-state index contributed by atoms with van der Waals surface area (Å²) in [5.41, 5.74) is 0.517. The van der Waals surface area contributed by atoms with Gasteiger partial charge in [-0.15, -0.1) is 0 Å². The van der Waals surface area contributed by atoms with Gasteiger partial charge in [-0.25, -0.2) is 9.18 Å². The van der Waals surface area contributed by atoms with Gasteiger partial charge in [-0.3, -0.25) is 0 Å². The van der Waals surface area contributed by atoms with E-state index in [2.05, 4.69) is 0 Å². The molecule has 0 aliphatic rings. The van der Waals surface area contributed by atoms with Crippen LogP contribution in [-0.2, 0) is 4.79 Å². The summed E-state index contributed by atoms with van der Waals surface area (Å²) in [6, 6.07) is 6.11. The Morgan fingerprint density at radius 1 is 1.40 bits per heavy atom. The Hall–Kier alpha value is -1.64. The average molecular weight is 208 g/mol. The number of rotatable bonds is 3. The fraction of sp³-hybridized carbons (Fsp3) is 0.250. The van der Waals surface area contributed by atoms with Crippen molar-refractivity contribution in [1.29, 1.82) is 0 Å². The second-order valence-corrected chi connectivity index (χ2v) is 3.58. The number of hydrogen-bond donors (Lipinski definition) is 1. The number of carboxylic acid groups (broad SMARTS) is 1. The van der Waals surface area contributed by atoms with E-state index < -0.39 is 11.8 Å². The molecular formula is C12H13FO2. The van der Waals surface area contributed by atoms with Crippen LogP contribution in [0, 0.1) is 11.7 Å². The number of aliphatic carboxylic acids is 1. The van der Waals surface area contributed by atoms with Gasteiger partial charge in [-0.05, 0) is 18.1 Å². The van der Waals surface area contributed by atoms with Crippen LogP contribution < -0.4 is 0 Å². The van der Waals surface area contributed by atoms with Crippen LogP contribution in [0.3, 0.4) is 0 Å². The van der Waals surface area contributed by atoms with Gasteiger partial charge >= 0.3 is 5.97 Å². The number of benzene rings is 1. The number of hydrogen-bond acceptors (Lipinski definition) is 1. The van der Waals surface area contributed by atoms with Crippen LogP contribution in [0.25, 0.3) is 6.08 Å². The van der Waals surface area contributed by atoms with Crippen LogP contribution in [0.2, 0.25) is 0 Å². The molecule has 0 heterocycles. The van der Waals surface area contributed by atoms with Crippen molar-refractivity contribution in [1.82, 2.24) is 0 Å². The van der Waals surface area contributed by atoms with Crippen LogP contribution in [0.1, 0.15) is 19.4 Å².